The Morgan fingerprint density at radius 2 is 1.81 bits per heavy atom. The van der Waals surface area contributed by atoms with Crippen molar-refractivity contribution >= 4 is 15.9 Å². The summed E-state index contributed by atoms with van der Waals surface area (Å²) < 4.78 is 65.1. The van der Waals surface area contributed by atoms with Crippen molar-refractivity contribution in [3.05, 3.63) is 89.4 Å². The number of benzene rings is 1. The van der Waals surface area contributed by atoms with E-state index >= 15 is 0 Å². The van der Waals surface area contributed by atoms with Crippen LogP contribution >= 0.6 is 0 Å². The van der Waals surface area contributed by atoms with E-state index in [2.05, 4.69) is 14.7 Å². The number of carbonyl (C=O) groups is 1. The first kappa shape index (κ1) is 23.4. The van der Waals surface area contributed by atoms with Crippen molar-refractivity contribution < 1.29 is 26.4 Å². The van der Waals surface area contributed by atoms with Gasteiger partial charge in [-0.15, -0.1) is 0 Å². The zero-order valence-corrected chi connectivity index (χ0v) is 17.7. The lowest BCUT2D eigenvalue weighted by atomic mass is 10.1. The van der Waals surface area contributed by atoms with Crippen LogP contribution in [0.15, 0.2) is 72.0 Å². The zero-order chi connectivity index (χ0) is 23.4. The van der Waals surface area contributed by atoms with Crippen molar-refractivity contribution in [2.75, 3.05) is 7.05 Å². The molecule has 1 aromatic carbocycles. The van der Waals surface area contributed by atoms with Gasteiger partial charge in [-0.3, -0.25) is 9.78 Å². The maximum atomic E-state index is 13.1. The van der Waals surface area contributed by atoms with E-state index in [-0.39, 0.29) is 29.2 Å². The molecule has 0 spiro atoms. The van der Waals surface area contributed by atoms with Crippen molar-refractivity contribution in [2.45, 2.75) is 24.3 Å². The molecule has 3 aromatic rings. The largest absolute Gasteiger partial charge is 0.416 e. The van der Waals surface area contributed by atoms with E-state index in [1.54, 1.807) is 24.4 Å². The fourth-order valence-corrected chi connectivity index (χ4v) is 3.55. The number of hydrogen-bond donors (Lipinski definition) is 1. The molecule has 168 valence electrons. The van der Waals surface area contributed by atoms with Crippen molar-refractivity contribution in [3.63, 3.8) is 0 Å². The summed E-state index contributed by atoms with van der Waals surface area (Å²) in [5.41, 5.74) is 0.0908. The third kappa shape index (κ3) is 5.68. The standard InChI is InChI=1S/C21H19F3N4O3S/c1-25-32(30,31)19-9-8-16(12-27-19)20(29)28(14-18-7-2-3-10-26-18)13-15-5-4-6-17(11-15)21(22,23)24/h2-12,25H,13-14H2,1H3. The number of sulfonamides is 1. The Balaban J connectivity index is 1.91. The van der Waals surface area contributed by atoms with Crippen LogP contribution in [0.2, 0.25) is 0 Å². The first-order chi connectivity index (χ1) is 15.1. The Kier molecular flexibility index (Phi) is 6.90. The number of carbonyl (C=O) groups excluding carboxylic acids is 1. The highest BCUT2D eigenvalue weighted by molar-refractivity contribution is 7.89. The molecule has 0 aliphatic carbocycles. The summed E-state index contributed by atoms with van der Waals surface area (Å²) in [6, 6.07) is 12.3. The second kappa shape index (κ2) is 9.45. The lowest BCUT2D eigenvalue weighted by Crippen LogP contribution is -2.31. The molecular formula is C21H19F3N4O3S. The number of rotatable bonds is 7. The molecule has 2 aromatic heterocycles. The maximum Gasteiger partial charge on any atom is 0.416 e. The van der Waals surface area contributed by atoms with Gasteiger partial charge in [-0.1, -0.05) is 18.2 Å². The fraction of sp³-hybridized carbons (Fsp3) is 0.190. The first-order valence-corrected chi connectivity index (χ1v) is 10.8. The summed E-state index contributed by atoms with van der Waals surface area (Å²) in [5, 5.41) is -0.259. The van der Waals surface area contributed by atoms with Gasteiger partial charge >= 0.3 is 6.18 Å². The molecule has 0 aliphatic rings. The molecule has 2 heterocycles. The molecule has 32 heavy (non-hydrogen) atoms. The number of nitrogens with zero attached hydrogens (tertiary/aromatic N) is 3. The number of nitrogens with one attached hydrogen (secondary N) is 1. The Labute approximate surface area is 183 Å². The molecule has 0 fully saturated rings. The quantitative estimate of drug-likeness (QED) is 0.580. The van der Waals surface area contributed by atoms with Crippen LogP contribution in [-0.4, -0.2) is 36.2 Å². The van der Waals surface area contributed by atoms with E-state index < -0.39 is 27.7 Å². The number of alkyl halides is 3. The van der Waals surface area contributed by atoms with Gasteiger partial charge in [0.15, 0.2) is 5.03 Å². The molecule has 0 unspecified atom stereocenters. The number of aromatic nitrogens is 2. The van der Waals surface area contributed by atoms with Gasteiger partial charge in [0.25, 0.3) is 15.9 Å². The van der Waals surface area contributed by atoms with Crippen molar-refractivity contribution in [2.24, 2.45) is 0 Å². The van der Waals surface area contributed by atoms with Crippen LogP contribution in [-0.2, 0) is 29.3 Å². The molecule has 0 bridgehead atoms. The third-order valence-electron chi connectivity index (χ3n) is 4.52. The molecule has 7 nitrogen and oxygen atoms in total. The van der Waals surface area contributed by atoms with Crippen LogP contribution in [0.4, 0.5) is 13.2 Å². The van der Waals surface area contributed by atoms with Crippen LogP contribution in [0, 0.1) is 0 Å². The van der Waals surface area contributed by atoms with E-state index in [0.717, 1.165) is 18.3 Å². The SMILES string of the molecule is CNS(=O)(=O)c1ccc(C(=O)N(Cc2cccc(C(F)(F)F)c2)Cc2ccccn2)cn1. The highest BCUT2D eigenvalue weighted by Crippen LogP contribution is 2.30. The highest BCUT2D eigenvalue weighted by Gasteiger charge is 2.30. The van der Waals surface area contributed by atoms with Crippen LogP contribution in [0.5, 0.6) is 0 Å². The lowest BCUT2D eigenvalue weighted by Gasteiger charge is -2.23. The Hall–Kier alpha value is -3.31. The highest BCUT2D eigenvalue weighted by atomic mass is 32.2. The maximum absolute atomic E-state index is 13.1. The minimum absolute atomic E-state index is 0.0342. The van der Waals surface area contributed by atoms with Gasteiger partial charge < -0.3 is 4.90 Å². The summed E-state index contributed by atoms with van der Waals surface area (Å²) in [5.74, 6) is -0.533. The van der Waals surface area contributed by atoms with Crippen LogP contribution in [0.1, 0.15) is 27.2 Å². The Morgan fingerprint density at radius 3 is 2.41 bits per heavy atom. The molecule has 3 rings (SSSR count). The third-order valence-corrected chi connectivity index (χ3v) is 5.85. The van der Waals surface area contributed by atoms with Gasteiger partial charge in [-0.05, 0) is 49.0 Å². The summed E-state index contributed by atoms with van der Waals surface area (Å²) in [6.07, 6.45) is -1.85. The van der Waals surface area contributed by atoms with Gasteiger partial charge in [0.05, 0.1) is 23.4 Å². The van der Waals surface area contributed by atoms with Crippen molar-refractivity contribution in [1.82, 2.24) is 19.6 Å². The number of amides is 1. The molecule has 1 amide bonds. The molecule has 0 aliphatic heterocycles. The van der Waals surface area contributed by atoms with E-state index in [1.165, 1.54) is 36.2 Å². The molecular weight excluding hydrogens is 445 g/mol. The number of hydrogen-bond acceptors (Lipinski definition) is 5. The zero-order valence-electron chi connectivity index (χ0n) is 16.9. The molecule has 0 atom stereocenters. The Morgan fingerprint density at radius 1 is 1.03 bits per heavy atom. The molecule has 0 saturated carbocycles. The lowest BCUT2D eigenvalue weighted by molar-refractivity contribution is -0.137. The number of pyridine rings is 2. The second-order valence-electron chi connectivity index (χ2n) is 6.77. The van der Waals surface area contributed by atoms with Gasteiger partial charge in [-0.25, -0.2) is 18.1 Å². The molecule has 11 heteroatoms. The van der Waals surface area contributed by atoms with Crippen molar-refractivity contribution in [1.29, 1.82) is 0 Å². The molecule has 0 radical (unpaired) electrons. The van der Waals surface area contributed by atoms with E-state index in [4.69, 9.17) is 0 Å². The topological polar surface area (TPSA) is 92.3 Å². The smallest absolute Gasteiger partial charge is 0.328 e. The predicted molar refractivity (Wildman–Crippen MR) is 110 cm³/mol. The second-order valence-corrected chi connectivity index (χ2v) is 8.61. The van der Waals surface area contributed by atoms with Crippen molar-refractivity contribution in [3.8, 4) is 0 Å². The molecule has 1 N–H and O–H groups in total. The van der Waals surface area contributed by atoms with E-state index in [1.807, 2.05) is 0 Å². The average Bonchev–Trinajstić information content (AvgIpc) is 2.78. The molecule has 0 saturated heterocycles. The van der Waals surface area contributed by atoms with E-state index in [9.17, 15) is 26.4 Å². The predicted octanol–water partition coefficient (Wildman–Crippen LogP) is 3.25. The van der Waals surface area contributed by atoms with Crippen LogP contribution < -0.4 is 4.72 Å². The van der Waals surface area contributed by atoms with Crippen LogP contribution in [0.3, 0.4) is 0 Å². The summed E-state index contributed by atoms with van der Waals surface area (Å²) in [4.78, 5) is 22.5. The fourth-order valence-electron chi connectivity index (χ4n) is 2.91. The minimum Gasteiger partial charge on any atom is -0.328 e. The average molecular weight is 464 g/mol. The van der Waals surface area contributed by atoms with Gasteiger partial charge in [0, 0.05) is 18.9 Å². The summed E-state index contributed by atoms with van der Waals surface area (Å²) in [7, 11) is -2.54. The van der Waals surface area contributed by atoms with E-state index in [0.29, 0.717) is 5.69 Å². The van der Waals surface area contributed by atoms with Crippen LogP contribution in [0.25, 0.3) is 0 Å². The Bertz CT molecular complexity index is 1180. The van der Waals surface area contributed by atoms with Gasteiger partial charge in [0.2, 0.25) is 0 Å². The number of halogens is 3. The van der Waals surface area contributed by atoms with Gasteiger partial charge in [-0.2, -0.15) is 13.2 Å². The van der Waals surface area contributed by atoms with Gasteiger partial charge in [0.1, 0.15) is 0 Å². The normalized spacial score (nSPS) is 11.9. The summed E-state index contributed by atoms with van der Waals surface area (Å²) >= 11 is 0. The minimum atomic E-state index is -4.51. The monoisotopic (exact) mass is 464 g/mol. The first-order valence-electron chi connectivity index (χ1n) is 9.35. The summed E-state index contributed by atoms with van der Waals surface area (Å²) in [6.45, 7) is -0.0810.